The summed E-state index contributed by atoms with van der Waals surface area (Å²) >= 11 is 5.28. The number of pyridine rings is 1. The lowest BCUT2D eigenvalue weighted by atomic mass is 10.2. The first-order chi connectivity index (χ1) is 10.5. The zero-order chi connectivity index (χ0) is 15.9. The molecule has 0 atom stereocenters. The lowest BCUT2D eigenvalue weighted by Gasteiger charge is -2.20. The number of hydrogen-bond donors (Lipinski definition) is 2. The molecule has 0 fully saturated rings. The van der Waals surface area contributed by atoms with Crippen LogP contribution in [-0.2, 0) is 0 Å². The van der Waals surface area contributed by atoms with E-state index in [0.29, 0.717) is 5.11 Å². The van der Waals surface area contributed by atoms with Crippen molar-refractivity contribution in [1.82, 2.24) is 10.3 Å². The van der Waals surface area contributed by atoms with E-state index in [1.807, 2.05) is 25.1 Å². The molecule has 0 aliphatic rings. The molecule has 2 aromatic rings. The Balaban J connectivity index is 1.76. The van der Waals surface area contributed by atoms with Crippen molar-refractivity contribution in [3.8, 4) is 0 Å². The van der Waals surface area contributed by atoms with Crippen LogP contribution < -0.4 is 15.5 Å². The number of nitrogens with one attached hydrogen (secondary N) is 2. The minimum atomic E-state index is 0.593. The second-order valence-corrected chi connectivity index (χ2v) is 5.71. The molecule has 0 bridgehead atoms. The van der Waals surface area contributed by atoms with E-state index in [1.54, 1.807) is 0 Å². The van der Waals surface area contributed by atoms with Gasteiger partial charge < -0.3 is 15.5 Å². The maximum atomic E-state index is 5.28. The van der Waals surface area contributed by atoms with E-state index in [-0.39, 0.29) is 0 Å². The van der Waals surface area contributed by atoms with Gasteiger partial charge in [0.05, 0.1) is 0 Å². The number of likely N-dealkylation sites (N-methyl/N-ethyl adjacent to an activating group) is 1. The molecule has 1 aromatic carbocycles. The Morgan fingerprint density at radius 2 is 1.86 bits per heavy atom. The van der Waals surface area contributed by atoms with Crippen LogP contribution in [0.25, 0.3) is 0 Å². The van der Waals surface area contributed by atoms with Gasteiger partial charge in [0.1, 0.15) is 5.82 Å². The van der Waals surface area contributed by atoms with Crippen LogP contribution in [0.4, 0.5) is 11.5 Å². The van der Waals surface area contributed by atoms with Gasteiger partial charge in [0, 0.05) is 31.5 Å². The quantitative estimate of drug-likeness (QED) is 0.830. The summed E-state index contributed by atoms with van der Waals surface area (Å²) in [5, 5.41) is 6.89. The van der Waals surface area contributed by atoms with Gasteiger partial charge in [-0.05, 0) is 50.3 Å². The van der Waals surface area contributed by atoms with Crippen molar-refractivity contribution >= 4 is 28.8 Å². The summed E-state index contributed by atoms with van der Waals surface area (Å²) in [5.74, 6) is 0.768. The highest BCUT2D eigenvalue weighted by Gasteiger charge is 2.02. The Kier molecular flexibility index (Phi) is 5.72. The zero-order valence-electron chi connectivity index (χ0n) is 13.3. The third-order valence-corrected chi connectivity index (χ3v) is 3.58. The van der Waals surface area contributed by atoms with E-state index in [2.05, 4.69) is 58.8 Å². The van der Waals surface area contributed by atoms with E-state index >= 15 is 0 Å². The van der Waals surface area contributed by atoms with Crippen LogP contribution in [0, 0.1) is 13.8 Å². The fourth-order valence-electron chi connectivity index (χ4n) is 2.04. The van der Waals surface area contributed by atoms with E-state index in [9.17, 15) is 0 Å². The Hall–Kier alpha value is -2.14. The third kappa shape index (κ3) is 5.00. The summed E-state index contributed by atoms with van der Waals surface area (Å²) in [6.45, 7) is 5.68. The zero-order valence-corrected chi connectivity index (χ0v) is 14.1. The van der Waals surface area contributed by atoms with Crippen molar-refractivity contribution in [1.29, 1.82) is 0 Å². The van der Waals surface area contributed by atoms with Crippen molar-refractivity contribution < 1.29 is 0 Å². The molecule has 5 heteroatoms. The third-order valence-electron chi connectivity index (χ3n) is 3.34. The maximum absolute atomic E-state index is 5.28. The molecular formula is C17H22N4S. The first-order valence-corrected chi connectivity index (χ1v) is 7.72. The fraction of sp³-hybridized carbons (Fsp3) is 0.294. The molecule has 0 unspecified atom stereocenters. The van der Waals surface area contributed by atoms with Crippen molar-refractivity contribution in [2.45, 2.75) is 13.8 Å². The molecule has 0 spiro atoms. The molecule has 22 heavy (non-hydrogen) atoms. The number of anilines is 2. The van der Waals surface area contributed by atoms with Crippen LogP contribution in [0.1, 0.15) is 11.3 Å². The average molecular weight is 314 g/mol. The van der Waals surface area contributed by atoms with Crippen molar-refractivity contribution in [3.63, 3.8) is 0 Å². The molecule has 0 aliphatic heterocycles. The topological polar surface area (TPSA) is 40.2 Å². The summed E-state index contributed by atoms with van der Waals surface area (Å²) in [6, 6.07) is 14.3. The van der Waals surface area contributed by atoms with Gasteiger partial charge in [-0.1, -0.05) is 23.8 Å². The van der Waals surface area contributed by atoms with Gasteiger partial charge in [0.15, 0.2) is 5.11 Å². The average Bonchev–Trinajstić information content (AvgIpc) is 2.47. The second-order valence-electron chi connectivity index (χ2n) is 5.30. The van der Waals surface area contributed by atoms with Gasteiger partial charge in [-0.15, -0.1) is 0 Å². The molecule has 0 amide bonds. The van der Waals surface area contributed by atoms with Crippen molar-refractivity contribution in [2.75, 3.05) is 30.4 Å². The van der Waals surface area contributed by atoms with Crippen molar-refractivity contribution in [2.24, 2.45) is 0 Å². The highest BCUT2D eigenvalue weighted by Crippen LogP contribution is 2.12. The monoisotopic (exact) mass is 314 g/mol. The summed E-state index contributed by atoms with van der Waals surface area (Å²) < 4.78 is 0. The molecule has 1 aromatic heterocycles. The van der Waals surface area contributed by atoms with Gasteiger partial charge in [-0.25, -0.2) is 4.98 Å². The number of nitrogens with zero attached hydrogens (tertiary/aromatic N) is 2. The van der Waals surface area contributed by atoms with Gasteiger partial charge in [-0.2, -0.15) is 0 Å². The van der Waals surface area contributed by atoms with E-state index in [4.69, 9.17) is 12.2 Å². The van der Waals surface area contributed by atoms with E-state index < -0.39 is 0 Å². The summed E-state index contributed by atoms with van der Waals surface area (Å²) in [6.07, 6.45) is 0. The van der Waals surface area contributed by atoms with E-state index in [1.165, 1.54) is 11.3 Å². The maximum Gasteiger partial charge on any atom is 0.172 e. The molecule has 2 N–H and O–H groups in total. The molecule has 1 heterocycles. The number of aromatic nitrogens is 1. The molecule has 2 rings (SSSR count). The second kappa shape index (κ2) is 7.75. The molecule has 0 radical (unpaired) electrons. The van der Waals surface area contributed by atoms with Gasteiger partial charge in [-0.3, -0.25) is 0 Å². The largest absolute Gasteiger partial charge is 0.373 e. The first-order valence-electron chi connectivity index (χ1n) is 7.31. The molecule has 0 saturated carbocycles. The van der Waals surface area contributed by atoms with Crippen LogP contribution in [-0.4, -0.2) is 30.2 Å². The number of hydrogen-bond acceptors (Lipinski definition) is 3. The lowest BCUT2D eigenvalue weighted by molar-refractivity contribution is 0.827. The van der Waals surface area contributed by atoms with Gasteiger partial charge >= 0.3 is 0 Å². The summed E-state index contributed by atoms with van der Waals surface area (Å²) in [5.41, 5.74) is 3.44. The number of benzene rings is 1. The van der Waals surface area contributed by atoms with Crippen LogP contribution in [0.3, 0.4) is 0 Å². The Labute approximate surface area is 137 Å². The van der Waals surface area contributed by atoms with Crippen LogP contribution in [0.5, 0.6) is 0 Å². The molecule has 0 aliphatic carbocycles. The normalized spacial score (nSPS) is 10.1. The number of aryl methyl sites for hydroxylation is 2. The van der Waals surface area contributed by atoms with Crippen LogP contribution in [0.15, 0.2) is 42.5 Å². The van der Waals surface area contributed by atoms with Crippen molar-refractivity contribution in [3.05, 3.63) is 53.7 Å². The number of rotatable bonds is 5. The molecule has 116 valence electrons. The molecule has 4 nitrogen and oxygen atoms in total. The Morgan fingerprint density at radius 1 is 1.14 bits per heavy atom. The SMILES string of the molecule is Cc1ccc(N(C)CCNC(=S)Nc2cccc(C)n2)cc1. The minimum Gasteiger partial charge on any atom is -0.373 e. The molecular weight excluding hydrogens is 292 g/mol. The highest BCUT2D eigenvalue weighted by molar-refractivity contribution is 7.80. The van der Waals surface area contributed by atoms with Gasteiger partial charge in [0.25, 0.3) is 0 Å². The van der Waals surface area contributed by atoms with Crippen LogP contribution in [0.2, 0.25) is 0 Å². The first kappa shape index (κ1) is 16.2. The minimum absolute atomic E-state index is 0.593. The summed E-state index contributed by atoms with van der Waals surface area (Å²) in [4.78, 5) is 6.56. The standard InChI is InChI=1S/C17H22N4S/c1-13-7-9-15(10-8-13)21(3)12-11-18-17(22)20-16-6-4-5-14(2)19-16/h4-10H,11-12H2,1-3H3,(H2,18,19,20,22). The summed E-state index contributed by atoms with van der Waals surface area (Å²) in [7, 11) is 2.07. The van der Waals surface area contributed by atoms with Gasteiger partial charge in [0.2, 0.25) is 0 Å². The Morgan fingerprint density at radius 3 is 2.55 bits per heavy atom. The highest BCUT2D eigenvalue weighted by atomic mass is 32.1. The predicted molar refractivity (Wildman–Crippen MR) is 97.6 cm³/mol. The van der Waals surface area contributed by atoms with E-state index in [0.717, 1.165) is 24.6 Å². The lowest BCUT2D eigenvalue weighted by Crippen LogP contribution is -2.35. The smallest absolute Gasteiger partial charge is 0.172 e. The van der Waals surface area contributed by atoms with Crippen LogP contribution >= 0.6 is 12.2 Å². The Bertz CT molecular complexity index is 625. The predicted octanol–water partition coefficient (Wildman–Crippen LogP) is 3.12. The number of thiocarbonyl (C=S) groups is 1. The molecule has 0 saturated heterocycles. The fourth-order valence-corrected chi connectivity index (χ4v) is 2.25.